The molecule has 0 spiro atoms. The van der Waals surface area contributed by atoms with Gasteiger partial charge < -0.3 is 5.32 Å². The molecular formula is C17H19FN6S. The molecule has 1 aliphatic rings. The molecule has 6 nitrogen and oxygen atoms in total. The summed E-state index contributed by atoms with van der Waals surface area (Å²) in [5, 5.41) is 11.7. The Bertz CT molecular complexity index is 873. The van der Waals surface area contributed by atoms with Gasteiger partial charge in [-0.3, -0.25) is 0 Å². The predicted molar refractivity (Wildman–Crippen MR) is 95.0 cm³/mol. The standard InChI is InChI=1S/C17H19FN6S/c1-10(2)15-22-16-13(4-3-6-24(16)23-15)20-17-19-8-12(18)14(21-17)11-5-7-25-9-11/h5,7-10,13H,3-4,6H2,1-2H3,(H,19,20,21). The minimum Gasteiger partial charge on any atom is -0.344 e. The van der Waals surface area contributed by atoms with Gasteiger partial charge in [-0.1, -0.05) is 13.8 Å². The Hall–Kier alpha value is -2.35. The van der Waals surface area contributed by atoms with Crippen molar-refractivity contribution in [2.24, 2.45) is 0 Å². The molecule has 0 radical (unpaired) electrons. The third-order valence-electron chi connectivity index (χ3n) is 4.25. The van der Waals surface area contributed by atoms with E-state index >= 15 is 0 Å². The van der Waals surface area contributed by atoms with Gasteiger partial charge in [-0.05, 0) is 24.3 Å². The average Bonchev–Trinajstić information content (AvgIpc) is 3.26. The molecule has 1 atom stereocenters. The number of nitrogens with zero attached hydrogens (tertiary/aromatic N) is 5. The molecule has 1 aliphatic heterocycles. The summed E-state index contributed by atoms with van der Waals surface area (Å²) in [5.41, 5.74) is 1.08. The Morgan fingerprint density at radius 2 is 2.24 bits per heavy atom. The summed E-state index contributed by atoms with van der Waals surface area (Å²) in [6.07, 6.45) is 3.14. The Balaban J connectivity index is 1.63. The number of nitrogens with one attached hydrogen (secondary N) is 1. The first kappa shape index (κ1) is 16.1. The molecule has 4 rings (SSSR count). The van der Waals surface area contributed by atoms with Gasteiger partial charge in [0.05, 0.1) is 12.2 Å². The van der Waals surface area contributed by atoms with Crippen LogP contribution in [0.5, 0.6) is 0 Å². The summed E-state index contributed by atoms with van der Waals surface area (Å²) in [5.74, 6) is 2.03. The quantitative estimate of drug-likeness (QED) is 0.763. The van der Waals surface area contributed by atoms with E-state index in [9.17, 15) is 4.39 Å². The lowest BCUT2D eigenvalue weighted by molar-refractivity contribution is 0.435. The zero-order valence-corrected chi connectivity index (χ0v) is 14.9. The molecule has 4 heterocycles. The number of anilines is 1. The fourth-order valence-electron chi connectivity index (χ4n) is 2.94. The SMILES string of the molecule is CC(C)c1nc2n(n1)CCCC2Nc1ncc(F)c(-c2ccsc2)n1. The first-order valence-corrected chi connectivity index (χ1v) is 9.32. The zero-order valence-electron chi connectivity index (χ0n) is 14.1. The molecule has 1 unspecified atom stereocenters. The van der Waals surface area contributed by atoms with E-state index in [0.29, 0.717) is 11.6 Å². The van der Waals surface area contributed by atoms with Crippen LogP contribution in [0.25, 0.3) is 11.3 Å². The third kappa shape index (κ3) is 3.13. The largest absolute Gasteiger partial charge is 0.344 e. The molecule has 0 saturated heterocycles. The zero-order chi connectivity index (χ0) is 17.4. The van der Waals surface area contributed by atoms with Crippen molar-refractivity contribution < 1.29 is 4.39 Å². The van der Waals surface area contributed by atoms with E-state index in [4.69, 9.17) is 0 Å². The van der Waals surface area contributed by atoms with Crippen molar-refractivity contribution in [1.82, 2.24) is 24.7 Å². The summed E-state index contributed by atoms with van der Waals surface area (Å²) < 4.78 is 16.0. The van der Waals surface area contributed by atoms with Crippen molar-refractivity contribution in [3.05, 3.63) is 40.5 Å². The second kappa shape index (κ2) is 6.51. The normalized spacial score (nSPS) is 16.9. The van der Waals surface area contributed by atoms with E-state index in [-0.39, 0.29) is 12.0 Å². The van der Waals surface area contributed by atoms with E-state index in [1.54, 1.807) is 0 Å². The molecule has 0 amide bonds. The molecule has 0 aromatic carbocycles. The molecule has 0 fully saturated rings. The van der Waals surface area contributed by atoms with E-state index in [1.807, 2.05) is 21.5 Å². The minimum absolute atomic E-state index is 0.0189. The monoisotopic (exact) mass is 358 g/mol. The highest BCUT2D eigenvalue weighted by molar-refractivity contribution is 7.08. The Morgan fingerprint density at radius 1 is 1.36 bits per heavy atom. The van der Waals surface area contributed by atoms with Gasteiger partial charge in [0.2, 0.25) is 5.95 Å². The van der Waals surface area contributed by atoms with Gasteiger partial charge in [-0.25, -0.2) is 24.0 Å². The summed E-state index contributed by atoms with van der Waals surface area (Å²) in [7, 11) is 0. The number of aromatic nitrogens is 5. The Morgan fingerprint density at radius 3 is 3.00 bits per heavy atom. The molecule has 8 heteroatoms. The van der Waals surface area contributed by atoms with Gasteiger partial charge in [-0.15, -0.1) is 0 Å². The van der Waals surface area contributed by atoms with Gasteiger partial charge in [0.15, 0.2) is 11.6 Å². The number of rotatable bonds is 4. The molecule has 0 aliphatic carbocycles. The van der Waals surface area contributed by atoms with E-state index in [0.717, 1.165) is 36.6 Å². The lowest BCUT2D eigenvalue weighted by Crippen LogP contribution is -2.23. The maximum absolute atomic E-state index is 14.1. The van der Waals surface area contributed by atoms with Crippen molar-refractivity contribution in [3.63, 3.8) is 0 Å². The van der Waals surface area contributed by atoms with E-state index in [2.05, 4.69) is 39.2 Å². The van der Waals surface area contributed by atoms with Crippen molar-refractivity contribution in [2.45, 2.75) is 45.2 Å². The first-order chi connectivity index (χ1) is 12.1. The summed E-state index contributed by atoms with van der Waals surface area (Å²) in [4.78, 5) is 13.2. The maximum Gasteiger partial charge on any atom is 0.223 e. The highest BCUT2D eigenvalue weighted by Gasteiger charge is 2.26. The Labute approximate surface area is 149 Å². The molecular weight excluding hydrogens is 339 g/mol. The predicted octanol–water partition coefficient (Wildman–Crippen LogP) is 4.01. The summed E-state index contributed by atoms with van der Waals surface area (Å²) in [6.45, 7) is 5.04. The minimum atomic E-state index is -0.419. The van der Waals surface area contributed by atoms with Gasteiger partial charge >= 0.3 is 0 Å². The smallest absolute Gasteiger partial charge is 0.223 e. The second-order valence-electron chi connectivity index (χ2n) is 6.45. The fourth-order valence-corrected chi connectivity index (χ4v) is 3.58. The van der Waals surface area contributed by atoms with Crippen LogP contribution in [-0.4, -0.2) is 24.7 Å². The molecule has 0 saturated carbocycles. The molecule has 3 aromatic heterocycles. The van der Waals surface area contributed by atoms with Gasteiger partial charge in [0.25, 0.3) is 0 Å². The first-order valence-electron chi connectivity index (χ1n) is 8.38. The van der Waals surface area contributed by atoms with Crippen LogP contribution in [0.3, 0.4) is 0 Å². The highest BCUT2D eigenvalue weighted by atomic mass is 32.1. The third-order valence-corrected chi connectivity index (χ3v) is 4.93. The van der Waals surface area contributed by atoms with Crippen LogP contribution in [0.1, 0.15) is 50.3 Å². The van der Waals surface area contributed by atoms with Crippen molar-refractivity contribution in [1.29, 1.82) is 0 Å². The van der Waals surface area contributed by atoms with Gasteiger partial charge in [-0.2, -0.15) is 16.4 Å². The molecule has 0 bridgehead atoms. The van der Waals surface area contributed by atoms with Crippen LogP contribution in [0.2, 0.25) is 0 Å². The van der Waals surface area contributed by atoms with Crippen molar-refractivity contribution in [3.8, 4) is 11.3 Å². The number of hydrogen-bond donors (Lipinski definition) is 1. The molecule has 130 valence electrons. The highest BCUT2D eigenvalue weighted by Crippen LogP contribution is 2.29. The summed E-state index contributed by atoms with van der Waals surface area (Å²) in [6, 6.07) is 1.83. The topological polar surface area (TPSA) is 68.5 Å². The van der Waals surface area contributed by atoms with Crippen LogP contribution in [0.4, 0.5) is 10.3 Å². The molecule has 1 N–H and O–H groups in total. The van der Waals surface area contributed by atoms with Gasteiger partial charge in [0.1, 0.15) is 11.5 Å². The Kier molecular flexibility index (Phi) is 4.20. The number of hydrogen-bond acceptors (Lipinski definition) is 6. The molecule has 3 aromatic rings. The number of halogens is 1. The van der Waals surface area contributed by atoms with Crippen LogP contribution in [-0.2, 0) is 6.54 Å². The fraction of sp³-hybridized carbons (Fsp3) is 0.412. The van der Waals surface area contributed by atoms with Crippen LogP contribution in [0, 0.1) is 5.82 Å². The molecule has 25 heavy (non-hydrogen) atoms. The maximum atomic E-state index is 14.1. The van der Waals surface area contributed by atoms with Gasteiger partial charge in [0, 0.05) is 23.4 Å². The number of thiophene rings is 1. The average molecular weight is 358 g/mol. The van der Waals surface area contributed by atoms with Crippen molar-refractivity contribution in [2.75, 3.05) is 5.32 Å². The van der Waals surface area contributed by atoms with Crippen LogP contribution < -0.4 is 5.32 Å². The second-order valence-corrected chi connectivity index (χ2v) is 7.23. The number of fused-ring (bicyclic) bond motifs is 1. The van der Waals surface area contributed by atoms with E-state index < -0.39 is 5.82 Å². The van der Waals surface area contributed by atoms with Crippen LogP contribution >= 0.6 is 11.3 Å². The van der Waals surface area contributed by atoms with E-state index in [1.165, 1.54) is 17.5 Å². The van der Waals surface area contributed by atoms with Crippen molar-refractivity contribution >= 4 is 17.3 Å². The lowest BCUT2D eigenvalue weighted by atomic mass is 10.1. The van der Waals surface area contributed by atoms with Crippen LogP contribution in [0.15, 0.2) is 23.0 Å². The summed E-state index contributed by atoms with van der Waals surface area (Å²) >= 11 is 1.51. The number of aryl methyl sites for hydroxylation is 1. The lowest BCUT2D eigenvalue weighted by Gasteiger charge is -2.23.